The first-order valence-corrected chi connectivity index (χ1v) is 6.63. The monoisotopic (exact) mass is 281 g/mol. The lowest BCUT2D eigenvalue weighted by atomic mass is 10.0. The molecule has 2 rings (SSSR count). The Morgan fingerprint density at radius 3 is 2.19 bits per heavy atom. The van der Waals surface area contributed by atoms with Gasteiger partial charge in [0.2, 0.25) is 5.78 Å². The molecule has 21 heavy (non-hydrogen) atoms. The van der Waals surface area contributed by atoms with E-state index in [2.05, 4.69) is 0 Å². The van der Waals surface area contributed by atoms with Gasteiger partial charge in [0.15, 0.2) is 0 Å². The smallest absolute Gasteiger partial charge is 0.278 e. The highest BCUT2D eigenvalue weighted by Gasteiger charge is 2.28. The van der Waals surface area contributed by atoms with E-state index in [1.54, 1.807) is 42.5 Å². The number of nitro groups is 1. The summed E-state index contributed by atoms with van der Waals surface area (Å²) in [6.45, 7) is 0. The van der Waals surface area contributed by atoms with Gasteiger partial charge in [-0.25, -0.2) is 0 Å². The minimum absolute atomic E-state index is 0.0790. The lowest BCUT2D eigenvalue weighted by Gasteiger charge is -2.06. The molecule has 0 heterocycles. The van der Waals surface area contributed by atoms with Crippen LogP contribution >= 0.6 is 0 Å². The van der Waals surface area contributed by atoms with Crippen LogP contribution in [-0.2, 0) is 0 Å². The minimum Gasteiger partial charge on any atom is -0.286 e. The van der Waals surface area contributed by atoms with E-state index in [1.807, 2.05) is 30.3 Å². The largest absolute Gasteiger partial charge is 0.286 e. The molecule has 0 amide bonds. The van der Waals surface area contributed by atoms with Crippen LogP contribution in [-0.4, -0.2) is 16.7 Å². The van der Waals surface area contributed by atoms with Crippen molar-refractivity contribution in [3.8, 4) is 0 Å². The molecule has 0 bridgehead atoms. The van der Waals surface area contributed by atoms with E-state index in [0.29, 0.717) is 5.56 Å². The molecule has 0 N–H and O–H groups in total. The number of carbonyl (C=O) groups is 1. The Balaban J connectivity index is 2.08. The van der Waals surface area contributed by atoms with E-state index in [4.69, 9.17) is 0 Å². The van der Waals surface area contributed by atoms with Crippen LogP contribution in [0.2, 0.25) is 0 Å². The van der Waals surface area contributed by atoms with Crippen molar-refractivity contribution in [2.45, 2.75) is 12.5 Å². The van der Waals surface area contributed by atoms with Crippen molar-refractivity contribution in [1.29, 1.82) is 0 Å². The predicted octanol–water partition coefficient (Wildman–Crippen LogP) is 3.62. The number of rotatable bonds is 6. The Morgan fingerprint density at radius 1 is 1.05 bits per heavy atom. The van der Waals surface area contributed by atoms with Crippen molar-refractivity contribution < 1.29 is 9.72 Å². The van der Waals surface area contributed by atoms with Gasteiger partial charge in [-0.05, 0) is 5.56 Å². The molecule has 4 nitrogen and oxygen atoms in total. The lowest BCUT2D eigenvalue weighted by Crippen LogP contribution is -2.29. The Labute approximate surface area is 122 Å². The summed E-state index contributed by atoms with van der Waals surface area (Å²) in [7, 11) is 0. The van der Waals surface area contributed by atoms with Crippen molar-refractivity contribution in [3.63, 3.8) is 0 Å². The standard InChI is InChI=1S/C17H15NO3/c19-17(15-11-5-2-6-12-15)16(18(20)21)13-7-10-14-8-3-1-4-9-14/h1-12,16H,13H2/b10-7-. The Hall–Kier alpha value is -2.75. The van der Waals surface area contributed by atoms with E-state index in [9.17, 15) is 14.9 Å². The van der Waals surface area contributed by atoms with Crippen LogP contribution in [0.3, 0.4) is 0 Å². The maximum absolute atomic E-state index is 12.2. The zero-order valence-electron chi connectivity index (χ0n) is 11.4. The average molecular weight is 281 g/mol. The molecule has 0 aliphatic heterocycles. The van der Waals surface area contributed by atoms with Gasteiger partial charge in [-0.1, -0.05) is 72.8 Å². The topological polar surface area (TPSA) is 60.2 Å². The fourth-order valence-corrected chi connectivity index (χ4v) is 1.98. The molecule has 1 atom stereocenters. The molecule has 0 aliphatic carbocycles. The summed E-state index contributed by atoms with van der Waals surface area (Å²) < 4.78 is 0. The second-order valence-electron chi connectivity index (χ2n) is 4.58. The third-order valence-corrected chi connectivity index (χ3v) is 3.08. The zero-order chi connectivity index (χ0) is 15.1. The number of hydrogen-bond donors (Lipinski definition) is 0. The van der Waals surface area contributed by atoms with Crippen molar-refractivity contribution in [2.75, 3.05) is 0 Å². The van der Waals surface area contributed by atoms with E-state index in [0.717, 1.165) is 5.56 Å². The van der Waals surface area contributed by atoms with E-state index >= 15 is 0 Å². The van der Waals surface area contributed by atoms with E-state index < -0.39 is 16.7 Å². The zero-order valence-corrected chi connectivity index (χ0v) is 11.4. The molecule has 0 saturated heterocycles. The lowest BCUT2D eigenvalue weighted by molar-refractivity contribution is -0.504. The SMILES string of the molecule is O=C(c1ccccc1)C(C/C=C\c1ccccc1)[N+](=O)[O-]. The summed E-state index contributed by atoms with van der Waals surface area (Å²) in [4.78, 5) is 22.7. The number of benzene rings is 2. The maximum Gasteiger partial charge on any atom is 0.278 e. The highest BCUT2D eigenvalue weighted by Crippen LogP contribution is 2.11. The van der Waals surface area contributed by atoms with Crippen LogP contribution in [0.4, 0.5) is 0 Å². The van der Waals surface area contributed by atoms with Crippen molar-refractivity contribution in [3.05, 3.63) is 88.0 Å². The van der Waals surface area contributed by atoms with Crippen LogP contribution in [0.15, 0.2) is 66.7 Å². The van der Waals surface area contributed by atoms with Gasteiger partial charge in [-0.3, -0.25) is 14.9 Å². The second kappa shape index (κ2) is 7.14. The molecule has 0 fully saturated rings. The number of ketones is 1. The number of nitrogens with zero attached hydrogens (tertiary/aromatic N) is 1. The van der Waals surface area contributed by atoms with Gasteiger partial charge in [-0.2, -0.15) is 0 Å². The normalized spacial score (nSPS) is 12.2. The van der Waals surface area contributed by atoms with Crippen molar-refractivity contribution >= 4 is 11.9 Å². The Kier molecular flexibility index (Phi) is 4.99. The molecule has 1 unspecified atom stereocenters. The molecule has 2 aromatic carbocycles. The quantitative estimate of drug-likeness (QED) is 0.461. The molecule has 0 aromatic heterocycles. The van der Waals surface area contributed by atoms with Gasteiger partial charge in [0.05, 0.1) is 0 Å². The molecular formula is C17H15NO3. The molecule has 0 spiro atoms. The summed E-state index contributed by atoms with van der Waals surface area (Å²) in [6.07, 6.45) is 3.54. The van der Waals surface area contributed by atoms with Crippen LogP contribution in [0.25, 0.3) is 6.08 Å². The molecular weight excluding hydrogens is 266 g/mol. The number of Topliss-reactive ketones (excluding diaryl/α,β-unsaturated/α-hetero) is 1. The van der Waals surface area contributed by atoms with Gasteiger partial charge < -0.3 is 0 Å². The van der Waals surface area contributed by atoms with Crippen LogP contribution < -0.4 is 0 Å². The van der Waals surface area contributed by atoms with Gasteiger partial charge >= 0.3 is 0 Å². The molecule has 0 aliphatic rings. The van der Waals surface area contributed by atoms with Crippen LogP contribution in [0, 0.1) is 10.1 Å². The van der Waals surface area contributed by atoms with E-state index in [1.165, 1.54) is 0 Å². The fourth-order valence-electron chi connectivity index (χ4n) is 1.98. The first-order chi connectivity index (χ1) is 10.2. The van der Waals surface area contributed by atoms with Gasteiger partial charge in [0.1, 0.15) is 0 Å². The minimum atomic E-state index is -1.24. The summed E-state index contributed by atoms with van der Waals surface area (Å²) in [5.41, 5.74) is 1.32. The third-order valence-electron chi connectivity index (χ3n) is 3.08. The molecule has 106 valence electrons. The second-order valence-corrected chi connectivity index (χ2v) is 4.58. The van der Waals surface area contributed by atoms with Gasteiger partial charge in [0.25, 0.3) is 6.04 Å². The van der Waals surface area contributed by atoms with Crippen molar-refractivity contribution in [2.24, 2.45) is 0 Å². The Bertz CT molecular complexity index is 636. The summed E-state index contributed by atoms with van der Waals surface area (Å²) in [6, 6.07) is 16.6. The fraction of sp³-hybridized carbons (Fsp3) is 0.118. The number of carbonyl (C=O) groups excluding carboxylic acids is 1. The maximum atomic E-state index is 12.2. The molecule has 2 aromatic rings. The molecule has 0 radical (unpaired) electrons. The van der Waals surface area contributed by atoms with Gasteiger partial charge in [-0.15, -0.1) is 0 Å². The molecule has 0 saturated carbocycles. The summed E-state index contributed by atoms with van der Waals surface area (Å²) in [5, 5.41) is 11.1. The Morgan fingerprint density at radius 2 is 1.62 bits per heavy atom. The predicted molar refractivity (Wildman–Crippen MR) is 81.6 cm³/mol. The highest BCUT2D eigenvalue weighted by molar-refractivity contribution is 5.99. The third kappa shape index (κ3) is 4.11. The molecule has 4 heteroatoms. The van der Waals surface area contributed by atoms with Gasteiger partial charge in [0, 0.05) is 16.9 Å². The van der Waals surface area contributed by atoms with Crippen molar-refractivity contribution in [1.82, 2.24) is 0 Å². The average Bonchev–Trinajstić information content (AvgIpc) is 2.52. The first kappa shape index (κ1) is 14.7. The summed E-state index contributed by atoms with van der Waals surface area (Å²) in [5.74, 6) is -0.460. The first-order valence-electron chi connectivity index (χ1n) is 6.63. The van der Waals surface area contributed by atoms with Crippen LogP contribution in [0.1, 0.15) is 22.3 Å². The number of hydrogen-bond acceptors (Lipinski definition) is 3. The highest BCUT2D eigenvalue weighted by atomic mass is 16.6. The van der Waals surface area contributed by atoms with E-state index in [-0.39, 0.29) is 6.42 Å². The van der Waals surface area contributed by atoms with Crippen LogP contribution in [0.5, 0.6) is 0 Å². The summed E-state index contributed by atoms with van der Waals surface area (Å²) >= 11 is 0.